The molecule has 3 nitrogen and oxygen atoms in total. The van der Waals surface area contributed by atoms with Gasteiger partial charge in [0, 0.05) is 11.6 Å². The Labute approximate surface area is 146 Å². The van der Waals surface area contributed by atoms with Crippen LogP contribution in [0.5, 0.6) is 0 Å². The van der Waals surface area contributed by atoms with Gasteiger partial charge in [0.25, 0.3) is 0 Å². The van der Waals surface area contributed by atoms with Crippen LogP contribution in [0.3, 0.4) is 0 Å². The van der Waals surface area contributed by atoms with Crippen LogP contribution in [0.25, 0.3) is 0 Å². The Morgan fingerprint density at radius 3 is 2.36 bits per heavy atom. The quantitative estimate of drug-likeness (QED) is 0.759. The molecular weight excluding hydrogens is 308 g/mol. The molecule has 122 valence electrons. The first-order valence-electron chi connectivity index (χ1n) is 8.56. The molecule has 1 amide bonds. The molecule has 2 aliphatic rings. The first-order valence-corrected chi connectivity index (χ1v) is 8.56. The molecule has 0 radical (unpaired) electrons. The summed E-state index contributed by atoms with van der Waals surface area (Å²) in [6.07, 6.45) is 0.994. The number of nitrogens with one attached hydrogen (secondary N) is 1. The van der Waals surface area contributed by atoms with Gasteiger partial charge < -0.3 is 5.73 Å². The van der Waals surface area contributed by atoms with E-state index in [2.05, 4.69) is 53.8 Å². The minimum absolute atomic E-state index is 0.307. The zero-order valence-corrected chi connectivity index (χ0v) is 13.7. The maximum Gasteiger partial charge on any atom is 0.248 e. The minimum Gasteiger partial charge on any atom is -0.366 e. The Kier molecular flexibility index (Phi) is 2.91. The summed E-state index contributed by atoms with van der Waals surface area (Å²) >= 11 is 0. The normalized spacial score (nSPS) is 23.0. The predicted molar refractivity (Wildman–Crippen MR) is 97.3 cm³/mol. The molecule has 0 aromatic heterocycles. The van der Waals surface area contributed by atoms with Crippen molar-refractivity contribution in [3.63, 3.8) is 0 Å². The van der Waals surface area contributed by atoms with Crippen LogP contribution in [0.4, 0.5) is 0 Å². The predicted octanol–water partition coefficient (Wildman–Crippen LogP) is 3.28. The van der Waals surface area contributed by atoms with Crippen LogP contribution in [0.15, 0.2) is 72.8 Å². The molecule has 0 aliphatic carbocycles. The van der Waals surface area contributed by atoms with Gasteiger partial charge in [-0.05, 0) is 46.4 Å². The summed E-state index contributed by atoms with van der Waals surface area (Å²) in [5.41, 5.74) is 12.1. The zero-order valence-electron chi connectivity index (χ0n) is 13.7. The average Bonchev–Trinajstić information content (AvgIpc) is 2.93. The lowest BCUT2D eigenvalue weighted by molar-refractivity contribution is 0.1000. The van der Waals surface area contributed by atoms with E-state index in [9.17, 15) is 4.79 Å². The Balaban J connectivity index is 1.80. The van der Waals surface area contributed by atoms with Gasteiger partial charge in [-0.3, -0.25) is 10.1 Å². The maximum atomic E-state index is 11.4. The summed E-state index contributed by atoms with van der Waals surface area (Å²) < 4.78 is 0. The van der Waals surface area contributed by atoms with Crippen molar-refractivity contribution in [1.29, 1.82) is 0 Å². The third-order valence-electron chi connectivity index (χ3n) is 5.58. The maximum absolute atomic E-state index is 11.4. The van der Waals surface area contributed by atoms with Gasteiger partial charge in [-0.2, -0.15) is 0 Å². The second kappa shape index (κ2) is 5.04. The number of rotatable bonds is 2. The molecule has 5 rings (SSSR count). The van der Waals surface area contributed by atoms with E-state index in [4.69, 9.17) is 5.73 Å². The second-order valence-corrected chi connectivity index (χ2v) is 6.84. The summed E-state index contributed by atoms with van der Waals surface area (Å²) in [5, 5.41) is 3.87. The highest BCUT2D eigenvalue weighted by molar-refractivity contribution is 5.92. The summed E-state index contributed by atoms with van der Waals surface area (Å²) in [6, 6.07) is 25.3. The van der Waals surface area contributed by atoms with Gasteiger partial charge in [-0.1, -0.05) is 60.7 Å². The molecular formula is C22H18N2O. The molecule has 3 heteroatoms. The first kappa shape index (κ1) is 14.4. The fourth-order valence-corrected chi connectivity index (χ4v) is 4.51. The van der Waals surface area contributed by atoms with Gasteiger partial charge in [0.2, 0.25) is 5.91 Å². The van der Waals surface area contributed by atoms with E-state index in [0.717, 1.165) is 12.0 Å². The fourth-order valence-electron chi connectivity index (χ4n) is 4.51. The number of carbonyl (C=O) groups is 1. The number of nitrogens with two attached hydrogens (primary N) is 1. The lowest BCUT2D eigenvalue weighted by Crippen LogP contribution is -2.44. The van der Waals surface area contributed by atoms with Crippen LogP contribution >= 0.6 is 0 Å². The van der Waals surface area contributed by atoms with E-state index in [1.807, 2.05) is 24.3 Å². The molecule has 2 aliphatic heterocycles. The number of primary amides is 1. The Hall–Kier alpha value is -2.91. The molecule has 0 fully saturated rings. The van der Waals surface area contributed by atoms with E-state index in [1.54, 1.807) is 0 Å². The third-order valence-corrected chi connectivity index (χ3v) is 5.58. The van der Waals surface area contributed by atoms with E-state index >= 15 is 0 Å². The smallest absolute Gasteiger partial charge is 0.248 e. The molecule has 2 atom stereocenters. The molecule has 2 bridgehead atoms. The molecule has 3 aromatic carbocycles. The third kappa shape index (κ3) is 1.87. The van der Waals surface area contributed by atoms with E-state index in [-0.39, 0.29) is 5.54 Å². The molecule has 2 heterocycles. The largest absolute Gasteiger partial charge is 0.366 e. The van der Waals surface area contributed by atoms with Crippen LogP contribution in [-0.4, -0.2) is 5.91 Å². The highest BCUT2D eigenvalue weighted by atomic mass is 16.1. The van der Waals surface area contributed by atoms with Crippen LogP contribution in [0.1, 0.15) is 44.2 Å². The van der Waals surface area contributed by atoms with Crippen molar-refractivity contribution in [3.05, 3.63) is 106 Å². The topological polar surface area (TPSA) is 55.1 Å². The van der Waals surface area contributed by atoms with Crippen molar-refractivity contribution >= 4 is 5.91 Å². The number of amides is 1. The summed E-state index contributed by atoms with van der Waals surface area (Å²) in [6.45, 7) is 0. The van der Waals surface area contributed by atoms with Gasteiger partial charge in [-0.25, -0.2) is 0 Å². The van der Waals surface area contributed by atoms with E-state index in [0.29, 0.717) is 11.6 Å². The number of hydrogen-bond donors (Lipinski definition) is 2. The monoisotopic (exact) mass is 326 g/mol. The van der Waals surface area contributed by atoms with Gasteiger partial charge in [0.05, 0.1) is 5.54 Å². The molecule has 0 saturated heterocycles. The van der Waals surface area contributed by atoms with Crippen molar-refractivity contribution < 1.29 is 4.79 Å². The standard InChI is InChI=1S/C22H18N2O/c23-21(25)14-9-11-16(12-10-14)22-18-7-3-1-5-15(18)13-20(24-22)17-6-2-4-8-19(17)22/h1-12,20,24H,13H2,(H2,23,25)/t20-,22+/m1/s1. The number of carbonyl (C=O) groups excluding carboxylic acids is 1. The molecule has 3 aromatic rings. The summed E-state index contributed by atoms with van der Waals surface area (Å²) in [4.78, 5) is 11.4. The lowest BCUT2D eigenvalue weighted by Gasteiger charge is -2.38. The average molecular weight is 326 g/mol. The zero-order chi connectivity index (χ0) is 17.0. The first-order chi connectivity index (χ1) is 12.2. The van der Waals surface area contributed by atoms with Gasteiger partial charge >= 0.3 is 0 Å². The second-order valence-electron chi connectivity index (χ2n) is 6.84. The number of hydrogen-bond acceptors (Lipinski definition) is 2. The molecule has 0 unspecified atom stereocenters. The number of benzene rings is 3. The van der Waals surface area contributed by atoms with Crippen molar-refractivity contribution in [2.45, 2.75) is 18.0 Å². The fraction of sp³-hybridized carbons (Fsp3) is 0.136. The van der Waals surface area contributed by atoms with Crippen molar-refractivity contribution in [2.75, 3.05) is 0 Å². The summed E-state index contributed by atoms with van der Waals surface area (Å²) in [7, 11) is 0. The van der Waals surface area contributed by atoms with Crippen molar-refractivity contribution in [1.82, 2.24) is 5.32 Å². The molecule has 0 saturated carbocycles. The lowest BCUT2D eigenvalue weighted by atomic mass is 9.75. The van der Waals surface area contributed by atoms with Gasteiger partial charge in [-0.15, -0.1) is 0 Å². The van der Waals surface area contributed by atoms with Gasteiger partial charge in [0.1, 0.15) is 0 Å². The number of fused-ring (bicyclic) bond motifs is 7. The molecule has 0 spiro atoms. The SMILES string of the molecule is NC(=O)c1ccc([C@]23N[C@H](Cc4ccccc42)c2ccccc23)cc1. The van der Waals surface area contributed by atoms with E-state index < -0.39 is 5.91 Å². The van der Waals surface area contributed by atoms with E-state index in [1.165, 1.54) is 22.3 Å². The minimum atomic E-state index is -0.397. The Morgan fingerprint density at radius 2 is 1.60 bits per heavy atom. The van der Waals surface area contributed by atoms with Crippen LogP contribution in [0, 0.1) is 0 Å². The van der Waals surface area contributed by atoms with Crippen LogP contribution in [-0.2, 0) is 12.0 Å². The van der Waals surface area contributed by atoms with Crippen LogP contribution in [0.2, 0.25) is 0 Å². The van der Waals surface area contributed by atoms with Crippen molar-refractivity contribution in [3.8, 4) is 0 Å². The highest BCUT2D eigenvalue weighted by Crippen LogP contribution is 2.51. The highest BCUT2D eigenvalue weighted by Gasteiger charge is 2.49. The Bertz CT molecular complexity index is 980. The Morgan fingerprint density at radius 1 is 0.920 bits per heavy atom. The van der Waals surface area contributed by atoms with Crippen LogP contribution < -0.4 is 11.1 Å². The van der Waals surface area contributed by atoms with Crippen molar-refractivity contribution in [2.24, 2.45) is 5.73 Å². The molecule has 3 N–H and O–H groups in total. The molecule has 25 heavy (non-hydrogen) atoms. The van der Waals surface area contributed by atoms with Gasteiger partial charge in [0.15, 0.2) is 0 Å². The summed E-state index contributed by atoms with van der Waals surface area (Å²) in [5.74, 6) is -0.397.